The zero-order chi connectivity index (χ0) is 22.2. The van der Waals surface area contributed by atoms with E-state index in [0.29, 0.717) is 25.9 Å². The number of aromatic nitrogens is 2. The third kappa shape index (κ3) is 4.04. The number of amides is 5. The van der Waals surface area contributed by atoms with Gasteiger partial charge < -0.3 is 15.1 Å². The van der Waals surface area contributed by atoms with E-state index in [-0.39, 0.29) is 23.6 Å². The summed E-state index contributed by atoms with van der Waals surface area (Å²) >= 11 is 0. The Balaban J connectivity index is 1.51. The standard InChI is InChI=1S/C20H26N6O5/c1-20(18(30)21-19(31)22-20)11-12-5-4-10-25(12)17(29)14-6-2-3-9-26(14)16(28)13-7-8-15(27)24-23-13/h7-8,12,14H,2-6,9-11H2,1H3,(H,24,27)(H2,21,22,30,31). The molecule has 3 aliphatic heterocycles. The molecule has 4 heterocycles. The summed E-state index contributed by atoms with van der Waals surface area (Å²) in [7, 11) is 0. The quantitative estimate of drug-likeness (QED) is 0.562. The number of carbonyl (C=O) groups excluding carboxylic acids is 4. The van der Waals surface area contributed by atoms with Gasteiger partial charge in [-0.3, -0.25) is 24.5 Å². The topological polar surface area (TPSA) is 145 Å². The molecule has 5 amide bonds. The molecule has 4 rings (SSSR count). The number of nitrogens with one attached hydrogen (secondary N) is 3. The minimum absolute atomic E-state index is 0.0927. The molecule has 0 saturated carbocycles. The molecule has 166 valence electrons. The Hall–Kier alpha value is -3.24. The van der Waals surface area contributed by atoms with Crippen LogP contribution in [0.25, 0.3) is 0 Å². The van der Waals surface area contributed by atoms with Crippen molar-refractivity contribution in [1.82, 2.24) is 30.6 Å². The maximum Gasteiger partial charge on any atom is 0.322 e. The summed E-state index contributed by atoms with van der Waals surface area (Å²) in [6.45, 7) is 2.64. The molecule has 3 N–H and O–H groups in total. The van der Waals surface area contributed by atoms with E-state index >= 15 is 0 Å². The predicted molar refractivity (Wildman–Crippen MR) is 108 cm³/mol. The number of piperidine rings is 1. The van der Waals surface area contributed by atoms with Gasteiger partial charge in [-0.2, -0.15) is 5.10 Å². The van der Waals surface area contributed by atoms with Crippen molar-refractivity contribution in [3.05, 3.63) is 28.2 Å². The Morgan fingerprint density at radius 3 is 2.55 bits per heavy atom. The monoisotopic (exact) mass is 430 g/mol. The fourth-order valence-electron chi connectivity index (χ4n) is 4.77. The molecule has 3 aliphatic rings. The summed E-state index contributed by atoms with van der Waals surface area (Å²) in [6, 6.07) is 1.25. The van der Waals surface area contributed by atoms with Gasteiger partial charge in [-0.25, -0.2) is 9.89 Å². The first-order valence-corrected chi connectivity index (χ1v) is 10.6. The van der Waals surface area contributed by atoms with E-state index in [9.17, 15) is 24.0 Å². The zero-order valence-corrected chi connectivity index (χ0v) is 17.3. The van der Waals surface area contributed by atoms with Crippen LogP contribution in [0.3, 0.4) is 0 Å². The zero-order valence-electron chi connectivity index (χ0n) is 17.3. The van der Waals surface area contributed by atoms with E-state index in [4.69, 9.17) is 0 Å². The number of nitrogens with zero attached hydrogens (tertiary/aromatic N) is 3. The summed E-state index contributed by atoms with van der Waals surface area (Å²) < 4.78 is 0. The van der Waals surface area contributed by atoms with Crippen LogP contribution in [0.1, 0.15) is 55.9 Å². The highest BCUT2D eigenvalue weighted by atomic mass is 16.2. The number of carbonyl (C=O) groups is 4. The van der Waals surface area contributed by atoms with Gasteiger partial charge in [-0.05, 0) is 51.5 Å². The fourth-order valence-corrected chi connectivity index (χ4v) is 4.77. The minimum Gasteiger partial charge on any atom is -0.338 e. The van der Waals surface area contributed by atoms with Gasteiger partial charge >= 0.3 is 6.03 Å². The number of rotatable bonds is 4. The number of hydrogen-bond donors (Lipinski definition) is 3. The average Bonchev–Trinajstić information content (AvgIpc) is 3.30. The molecule has 0 aliphatic carbocycles. The van der Waals surface area contributed by atoms with E-state index in [2.05, 4.69) is 20.8 Å². The lowest BCUT2D eigenvalue weighted by atomic mass is 9.91. The van der Waals surface area contributed by atoms with Crippen molar-refractivity contribution in [1.29, 1.82) is 0 Å². The van der Waals surface area contributed by atoms with Crippen LogP contribution in [0.15, 0.2) is 16.9 Å². The molecule has 3 fully saturated rings. The number of aromatic amines is 1. The van der Waals surface area contributed by atoms with Gasteiger partial charge in [0.15, 0.2) is 0 Å². The lowest BCUT2D eigenvalue weighted by molar-refractivity contribution is -0.139. The van der Waals surface area contributed by atoms with Crippen LogP contribution in [0.2, 0.25) is 0 Å². The molecule has 0 aromatic carbocycles. The van der Waals surface area contributed by atoms with Gasteiger partial charge in [0.25, 0.3) is 17.4 Å². The number of H-pyrrole nitrogens is 1. The van der Waals surface area contributed by atoms with Crippen LogP contribution in [0.5, 0.6) is 0 Å². The normalized spacial score (nSPS) is 28.4. The fraction of sp³-hybridized carbons (Fsp3) is 0.600. The number of urea groups is 1. The second-order valence-electron chi connectivity index (χ2n) is 8.59. The maximum absolute atomic E-state index is 13.5. The Morgan fingerprint density at radius 1 is 1.10 bits per heavy atom. The first kappa shape index (κ1) is 21.0. The summed E-state index contributed by atoms with van der Waals surface area (Å²) in [4.78, 5) is 64.8. The number of likely N-dealkylation sites (tertiary alicyclic amines) is 2. The molecule has 3 unspecified atom stereocenters. The second-order valence-corrected chi connectivity index (χ2v) is 8.59. The van der Waals surface area contributed by atoms with Crippen molar-refractivity contribution in [2.75, 3.05) is 13.1 Å². The van der Waals surface area contributed by atoms with Crippen molar-refractivity contribution in [2.24, 2.45) is 0 Å². The summed E-state index contributed by atoms with van der Waals surface area (Å²) in [6.07, 6.45) is 4.00. The Kier molecular flexibility index (Phi) is 5.50. The van der Waals surface area contributed by atoms with Crippen LogP contribution >= 0.6 is 0 Å². The molecule has 3 atom stereocenters. The molecule has 11 heteroatoms. The molecule has 0 bridgehead atoms. The van der Waals surface area contributed by atoms with Crippen molar-refractivity contribution in [3.8, 4) is 0 Å². The first-order valence-electron chi connectivity index (χ1n) is 10.6. The Labute approximate surface area is 178 Å². The molecular formula is C20H26N6O5. The van der Waals surface area contributed by atoms with Gasteiger partial charge in [0.2, 0.25) is 5.91 Å². The second kappa shape index (κ2) is 8.12. The molecular weight excluding hydrogens is 404 g/mol. The molecule has 0 radical (unpaired) electrons. The van der Waals surface area contributed by atoms with Crippen LogP contribution in [0.4, 0.5) is 4.79 Å². The molecule has 31 heavy (non-hydrogen) atoms. The van der Waals surface area contributed by atoms with Crippen LogP contribution in [0, 0.1) is 0 Å². The maximum atomic E-state index is 13.5. The van der Waals surface area contributed by atoms with E-state index in [1.54, 1.807) is 11.8 Å². The molecule has 11 nitrogen and oxygen atoms in total. The molecule has 1 aromatic heterocycles. The van der Waals surface area contributed by atoms with Crippen molar-refractivity contribution >= 4 is 23.8 Å². The van der Waals surface area contributed by atoms with E-state index in [1.807, 2.05) is 0 Å². The highest BCUT2D eigenvalue weighted by molar-refractivity contribution is 6.06. The van der Waals surface area contributed by atoms with Gasteiger partial charge in [-0.15, -0.1) is 0 Å². The van der Waals surface area contributed by atoms with Crippen molar-refractivity contribution in [3.63, 3.8) is 0 Å². The first-order chi connectivity index (χ1) is 14.8. The van der Waals surface area contributed by atoms with Gasteiger partial charge in [-0.1, -0.05) is 0 Å². The largest absolute Gasteiger partial charge is 0.338 e. The minimum atomic E-state index is -1.06. The summed E-state index contributed by atoms with van der Waals surface area (Å²) in [5.41, 5.74) is -1.37. The smallest absolute Gasteiger partial charge is 0.322 e. The third-order valence-corrected chi connectivity index (χ3v) is 6.37. The SMILES string of the molecule is CC1(CC2CCCN2C(=O)C2CCCCN2C(=O)c2ccc(=O)[nH]n2)NC(=O)NC1=O. The lowest BCUT2D eigenvalue weighted by Crippen LogP contribution is -2.56. The lowest BCUT2D eigenvalue weighted by Gasteiger charge is -2.39. The van der Waals surface area contributed by atoms with E-state index < -0.39 is 29.1 Å². The van der Waals surface area contributed by atoms with E-state index in [0.717, 1.165) is 25.7 Å². The summed E-state index contributed by atoms with van der Waals surface area (Å²) in [5.74, 6) is -0.928. The van der Waals surface area contributed by atoms with Crippen LogP contribution in [-0.4, -0.2) is 74.5 Å². The Morgan fingerprint density at radius 2 is 1.87 bits per heavy atom. The summed E-state index contributed by atoms with van der Waals surface area (Å²) in [5, 5.41) is 11.0. The molecule has 0 spiro atoms. The third-order valence-electron chi connectivity index (χ3n) is 6.37. The highest BCUT2D eigenvalue weighted by Gasteiger charge is 2.47. The predicted octanol–water partition coefficient (Wildman–Crippen LogP) is -0.256. The molecule has 3 saturated heterocycles. The number of imide groups is 1. The highest BCUT2D eigenvalue weighted by Crippen LogP contribution is 2.30. The van der Waals surface area contributed by atoms with Gasteiger partial charge in [0.05, 0.1) is 0 Å². The van der Waals surface area contributed by atoms with E-state index in [1.165, 1.54) is 17.0 Å². The Bertz CT molecular complexity index is 957. The van der Waals surface area contributed by atoms with Gasteiger partial charge in [0, 0.05) is 25.2 Å². The van der Waals surface area contributed by atoms with Crippen molar-refractivity contribution in [2.45, 2.75) is 63.1 Å². The van der Waals surface area contributed by atoms with Crippen LogP contribution < -0.4 is 16.2 Å². The van der Waals surface area contributed by atoms with Crippen molar-refractivity contribution < 1.29 is 19.2 Å². The number of hydrogen-bond acceptors (Lipinski definition) is 6. The average molecular weight is 430 g/mol. The van der Waals surface area contributed by atoms with Crippen LogP contribution in [-0.2, 0) is 9.59 Å². The molecule has 1 aromatic rings. The van der Waals surface area contributed by atoms with Gasteiger partial charge in [0.1, 0.15) is 17.3 Å².